The highest BCUT2D eigenvalue weighted by molar-refractivity contribution is 5.88. The molecule has 0 aliphatic heterocycles. The SMILES string of the molecule is NC1C=CC(C(=O)NC(CC(=O)O)C(=O)O)C1. The molecule has 0 saturated carbocycles. The summed E-state index contributed by atoms with van der Waals surface area (Å²) in [4.78, 5) is 32.8. The average Bonchev–Trinajstić information content (AvgIpc) is 2.63. The first-order valence-electron chi connectivity index (χ1n) is 5.09. The lowest BCUT2D eigenvalue weighted by Crippen LogP contribution is -2.44. The largest absolute Gasteiger partial charge is 0.481 e. The second kappa shape index (κ2) is 5.44. The summed E-state index contributed by atoms with van der Waals surface area (Å²) in [6.07, 6.45) is 3.02. The lowest BCUT2D eigenvalue weighted by molar-refractivity contribution is -0.147. The first-order chi connectivity index (χ1) is 7.90. The summed E-state index contributed by atoms with van der Waals surface area (Å²) < 4.78 is 0. The minimum absolute atomic E-state index is 0.214. The van der Waals surface area contributed by atoms with Crippen molar-refractivity contribution in [2.75, 3.05) is 0 Å². The Hall–Kier alpha value is -1.89. The summed E-state index contributed by atoms with van der Waals surface area (Å²) in [5.41, 5.74) is 5.56. The Morgan fingerprint density at radius 1 is 1.35 bits per heavy atom. The van der Waals surface area contributed by atoms with Crippen molar-refractivity contribution in [1.82, 2.24) is 5.32 Å². The molecule has 0 aromatic rings. The van der Waals surface area contributed by atoms with Crippen LogP contribution in [0.15, 0.2) is 12.2 Å². The van der Waals surface area contributed by atoms with E-state index in [4.69, 9.17) is 15.9 Å². The molecule has 17 heavy (non-hydrogen) atoms. The molecule has 1 amide bonds. The normalized spacial score (nSPS) is 24.3. The first-order valence-corrected chi connectivity index (χ1v) is 5.09. The van der Waals surface area contributed by atoms with Gasteiger partial charge in [-0.1, -0.05) is 12.2 Å². The third-order valence-electron chi connectivity index (χ3n) is 2.45. The lowest BCUT2D eigenvalue weighted by atomic mass is 10.1. The number of carbonyl (C=O) groups is 3. The molecule has 7 nitrogen and oxygen atoms in total. The predicted molar refractivity (Wildman–Crippen MR) is 57.0 cm³/mol. The van der Waals surface area contributed by atoms with Gasteiger partial charge in [0, 0.05) is 6.04 Å². The molecule has 7 heteroatoms. The minimum Gasteiger partial charge on any atom is -0.481 e. The Kier molecular flexibility index (Phi) is 4.22. The minimum atomic E-state index is -1.41. The first kappa shape index (κ1) is 13.2. The van der Waals surface area contributed by atoms with Crippen LogP contribution in [0.25, 0.3) is 0 Å². The van der Waals surface area contributed by atoms with Gasteiger partial charge < -0.3 is 21.3 Å². The predicted octanol–water partition coefficient (Wildman–Crippen LogP) is -1.07. The van der Waals surface area contributed by atoms with Crippen LogP contribution < -0.4 is 11.1 Å². The van der Waals surface area contributed by atoms with Crippen LogP contribution in [-0.2, 0) is 14.4 Å². The Morgan fingerprint density at radius 3 is 2.41 bits per heavy atom. The third-order valence-corrected chi connectivity index (χ3v) is 2.45. The Bertz CT molecular complexity index is 366. The zero-order valence-electron chi connectivity index (χ0n) is 9.00. The molecular weight excluding hydrogens is 228 g/mol. The zero-order valence-corrected chi connectivity index (χ0v) is 9.00. The number of carboxylic acids is 2. The van der Waals surface area contributed by atoms with Crippen LogP contribution in [0, 0.1) is 5.92 Å². The second-order valence-corrected chi connectivity index (χ2v) is 3.89. The van der Waals surface area contributed by atoms with E-state index >= 15 is 0 Å². The molecule has 1 aliphatic rings. The van der Waals surface area contributed by atoms with Crippen LogP contribution in [0.2, 0.25) is 0 Å². The molecule has 3 atom stereocenters. The zero-order chi connectivity index (χ0) is 13.0. The summed E-state index contributed by atoms with van der Waals surface area (Å²) in [6.45, 7) is 0. The molecule has 0 aromatic carbocycles. The van der Waals surface area contributed by atoms with Gasteiger partial charge in [-0.3, -0.25) is 9.59 Å². The molecule has 0 spiro atoms. The third kappa shape index (κ3) is 3.87. The summed E-state index contributed by atoms with van der Waals surface area (Å²) in [5.74, 6) is -3.65. The quantitative estimate of drug-likeness (QED) is 0.454. The molecule has 94 valence electrons. The highest BCUT2D eigenvalue weighted by atomic mass is 16.4. The van der Waals surface area contributed by atoms with Crippen LogP contribution in [0.5, 0.6) is 0 Å². The number of aliphatic carboxylic acids is 2. The molecule has 1 rings (SSSR count). The number of hydrogen-bond donors (Lipinski definition) is 4. The van der Waals surface area contributed by atoms with Crippen LogP contribution in [-0.4, -0.2) is 40.1 Å². The standard InChI is InChI=1S/C10H14N2O5/c11-6-2-1-5(3-6)9(15)12-7(10(16)17)4-8(13)14/h1-2,5-7H,3-4,11H2,(H,12,15)(H,13,14)(H,16,17). The maximum atomic E-state index is 11.6. The Balaban J connectivity index is 2.55. The van der Waals surface area contributed by atoms with Crippen molar-refractivity contribution < 1.29 is 24.6 Å². The Labute approximate surface area is 97.3 Å². The van der Waals surface area contributed by atoms with E-state index in [1.54, 1.807) is 12.2 Å². The molecule has 0 heterocycles. The van der Waals surface area contributed by atoms with Gasteiger partial charge in [0.1, 0.15) is 6.04 Å². The van der Waals surface area contributed by atoms with E-state index in [1.165, 1.54) is 0 Å². The van der Waals surface area contributed by atoms with Crippen molar-refractivity contribution in [2.45, 2.75) is 24.9 Å². The van der Waals surface area contributed by atoms with Crippen molar-refractivity contribution in [3.8, 4) is 0 Å². The molecule has 5 N–H and O–H groups in total. The van der Waals surface area contributed by atoms with E-state index in [0.29, 0.717) is 6.42 Å². The van der Waals surface area contributed by atoms with Gasteiger partial charge in [-0.25, -0.2) is 4.79 Å². The summed E-state index contributed by atoms with van der Waals surface area (Å²) >= 11 is 0. The summed E-state index contributed by atoms with van der Waals surface area (Å²) in [5, 5.41) is 19.4. The van der Waals surface area contributed by atoms with Crippen molar-refractivity contribution >= 4 is 17.8 Å². The molecule has 0 aromatic heterocycles. The van der Waals surface area contributed by atoms with E-state index in [9.17, 15) is 14.4 Å². The number of nitrogens with one attached hydrogen (secondary N) is 1. The fourth-order valence-electron chi connectivity index (χ4n) is 1.58. The fourth-order valence-corrected chi connectivity index (χ4v) is 1.58. The summed E-state index contributed by atoms with van der Waals surface area (Å²) in [6, 6.07) is -1.63. The van der Waals surface area contributed by atoms with E-state index in [0.717, 1.165) is 0 Å². The van der Waals surface area contributed by atoms with Crippen molar-refractivity contribution in [3.63, 3.8) is 0 Å². The van der Waals surface area contributed by atoms with Crippen molar-refractivity contribution in [2.24, 2.45) is 11.7 Å². The second-order valence-electron chi connectivity index (χ2n) is 3.89. The van der Waals surface area contributed by atoms with Gasteiger partial charge in [-0.05, 0) is 6.42 Å². The van der Waals surface area contributed by atoms with E-state index < -0.39 is 36.2 Å². The Morgan fingerprint density at radius 2 is 2.00 bits per heavy atom. The topological polar surface area (TPSA) is 130 Å². The van der Waals surface area contributed by atoms with Crippen LogP contribution in [0.1, 0.15) is 12.8 Å². The van der Waals surface area contributed by atoms with Gasteiger partial charge in [0.2, 0.25) is 5.91 Å². The van der Waals surface area contributed by atoms with Gasteiger partial charge in [-0.2, -0.15) is 0 Å². The highest BCUT2D eigenvalue weighted by Gasteiger charge is 2.28. The molecule has 3 unspecified atom stereocenters. The van der Waals surface area contributed by atoms with Gasteiger partial charge in [0.25, 0.3) is 0 Å². The summed E-state index contributed by atoms with van der Waals surface area (Å²) in [7, 11) is 0. The smallest absolute Gasteiger partial charge is 0.326 e. The molecular formula is C10H14N2O5. The fraction of sp³-hybridized carbons (Fsp3) is 0.500. The molecule has 1 aliphatic carbocycles. The molecule has 0 fully saturated rings. The van der Waals surface area contributed by atoms with Crippen LogP contribution >= 0.6 is 0 Å². The number of nitrogens with two attached hydrogens (primary N) is 1. The van der Waals surface area contributed by atoms with E-state index in [2.05, 4.69) is 5.32 Å². The number of amides is 1. The molecule has 0 radical (unpaired) electrons. The number of rotatable bonds is 5. The van der Waals surface area contributed by atoms with Gasteiger partial charge in [0.15, 0.2) is 0 Å². The van der Waals surface area contributed by atoms with Gasteiger partial charge >= 0.3 is 11.9 Å². The average molecular weight is 242 g/mol. The molecule has 0 bridgehead atoms. The number of carbonyl (C=O) groups excluding carboxylic acids is 1. The van der Waals surface area contributed by atoms with Crippen molar-refractivity contribution in [1.29, 1.82) is 0 Å². The van der Waals surface area contributed by atoms with E-state index in [1.807, 2.05) is 0 Å². The van der Waals surface area contributed by atoms with Crippen molar-refractivity contribution in [3.05, 3.63) is 12.2 Å². The molecule has 0 saturated heterocycles. The number of hydrogen-bond acceptors (Lipinski definition) is 4. The lowest BCUT2D eigenvalue weighted by Gasteiger charge is -2.15. The van der Waals surface area contributed by atoms with Crippen LogP contribution in [0.4, 0.5) is 0 Å². The van der Waals surface area contributed by atoms with Gasteiger partial charge in [0.05, 0.1) is 12.3 Å². The maximum Gasteiger partial charge on any atom is 0.326 e. The number of carboxylic acid groups (broad SMARTS) is 2. The van der Waals surface area contributed by atoms with Gasteiger partial charge in [-0.15, -0.1) is 0 Å². The van der Waals surface area contributed by atoms with E-state index in [-0.39, 0.29) is 6.04 Å². The monoisotopic (exact) mass is 242 g/mol. The highest BCUT2D eigenvalue weighted by Crippen LogP contribution is 2.16. The van der Waals surface area contributed by atoms with Crippen LogP contribution in [0.3, 0.4) is 0 Å². The maximum absolute atomic E-state index is 11.6.